The summed E-state index contributed by atoms with van der Waals surface area (Å²) < 4.78 is 0. The Balaban J connectivity index is 1.57. The van der Waals surface area contributed by atoms with Crippen LogP contribution in [0.3, 0.4) is 0 Å². The normalized spacial score (nSPS) is 15.9. The maximum Gasteiger partial charge on any atom is 0.326 e. The van der Waals surface area contributed by atoms with Crippen LogP contribution in [0.2, 0.25) is 0 Å². The average molecular weight is 1420 g/mol. The molecule has 2 aromatic rings. The number of aliphatic carboxylic acids is 1. The molecule has 1 saturated carbocycles. The van der Waals surface area contributed by atoms with E-state index < -0.39 is 138 Å². The molecule has 34 nitrogen and oxygen atoms in total. The lowest BCUT2D eigenvalue weighted by Crippen LogP contribution is -2.61. The molecule has 34 heteroatoms. The van der Waals surface area contributed by atoms with Gasteiger partial charge in [0.05, 0.1) is 19.1 Å². The molecule has 0 radical (unpaired) electrons. The number of carbonyl (C=O) groups excluding carboxylic acids is 10. The third kappa shape index (κ3) is 31.9. The van der Waals surface area contributed by atoms with Gasteiger partial charge in [0.2, 0.25) is 59.1 Å². The van der Waals surface area contributed by atoms with Gasteiger partial charge in [0.25, 0.3) is 0 Å². The summed E-state index contributed by atoms with van der Waals surface area (Å²) in [6, 6.07) is 3.91. The lowest BCUT2D eigenvalue weighted by molar-refractivity contribution is -0.145. The zero-order chi connectivity index (χ0) is 74.6. The quantitative estimate of drug-likeness (QED) is 0.0175. The highest BCUT2D eigenvalue weighted by Gasteiger charge is 2.41. The van der Waals surface area contributed by atoms with Crippen LogP contribution in [0.4, 0.5) is 0 Å². The summed E-state index contributed by atoms with van der Waals surface area (Å²) in [5.41, 5.74) is 40.7. The highest BCUT2D eigenvalue weighted by Crippen LogP contribution is 2.28. The molecule has 0 aromatic heterocycles. The van der Waals surface area contributed by atoms with Crippen LogP contribution in [0.25, 0.3) is 0 Å². The van der Waals surface area contributed by atoms with E-state index in [4.69, 9.17) is 40.1 Å². The Kier molecular flexibility index (Phi) is 36.7. The molecule has 1 heterocycles. The first-order valence-corrected chi connectivity index (χ1v) is 34.7. The number of aromatic hydroxyl groups is 1. The number of likely N-dealkylation sites (tertiary alicyclic amines) is 1. The Morgan fingerprint density at radius 1 is 0.535 bits per heavy atom. The number of phenols is 1. The number of hydrogen-bond acceptors (Lipinski definition) is 17. The van der Waals surface area contributed by atoms with Gasteiger partial charge < -0.3 is 108 Å². The Morgan fingerprint density at radius 3 is 1.58 bits per heavy atom. The van der Waals surface area contributed by atoms with E-state index >= 15 is 0 Å². The molecule has 560 valence electrons. The summed E-state index contributed by atoms with van der Waals surface area (Å²) in [6.45, 7) is 7.07. The Hall–Kier alpha value is -9.86. The Labute approximate surface area is 589 Å². The maximum absolute atomic E-state index is 14.8. The number of benzene rings is 2. The van der Waals surface area contributed by atoms with Crippen LogP contribution in [0, 0.1) is 17.8 Å². The Morgan fingerprint density at radius 2 is 1.04 bits per heavy atom. The van der Waals surface area contributed by atoms with Crippen LogP contribution in [0.1, 0.15) is 135 Å². The number of amides is 10. The van der Waals surface area contributed by atoms with E-state index in [2.05, 4.69) is 68.1 Å². The predicted molar refractivity (Wildman–Crippen MR) is 380 cm³/mol. The summed E-state index contributed by atoms with van der Waals surface area (Å²) in [6.07, 6.45) is 4.41. The van der Waals surface area contributed by atoms with Gasteiger partial charge in [-0.2, -0.15) is 0 Å². The van der Waals surface area contributed by atoms with Crippen molar-refractivity contribution < 1.29 is 63.0 Å². The van der Waals surface area contributed by atoms with Crippen molar-refractivity contribution in [2.75, 3.05) is 52.4 Å². The molecule has 1 unspecified atom stereocenters. The number of guanidine groups is 3. The number of carboxylic acid groups (broad SMARTS) is 1. The number of aliphatic imine (C=N–C) groups is 3. The minimum absolute atomic E-state index is 0.000229. The number of carbonyl (C=O) groups is 11. The topological polar surface area (TPSA) is 571 Å². The van der Waals surface area contributed by atoms with Gasteiger partial charge in [-0.3, -0.25) is 62.9 Å². The van der Waals surface area contributed by atoms with Gasteiger partial charge in [-0.05, 0) is 150 Å². The summed E-state index contributed by atoms with van der Waals surface area (Å²) in [4.78, 5) is 167. The van der Waals surface area contributed by atoms with Crippen LogP contribution < -0.4 is 93.3 Å². The highest BCUT2D eigenvalue weighted by atomic mass is 16.4. The first-order chi connectivity index (χ1) is 48.1. The largest absolute Gasteiger partial charge is 0.508 e. The van der Waals surface area contributed by atoms with Gasteiger partial charge in [0.1, 0.15) is 54.1 Å². The van der Waals surface area contributed by atoms with Gasteiger partial charge >= 0.3 is 5.97 Å². The SMILES string of the molecule is CCC(C)[C@H](NC(=O)[C@H](CCCN=C(N)N)NC(=O)[C@H](CCCN=C(N)N)NC(=O)[C@H](CC(C)C)NC(=O)[C@H](Cc1ccccc1)NC(=O)CNC(=O)CNC(=O)[C@H](Cc1ccc(O)cc1)NCC1CC1)C(=O)N[C@@H](CCCN=C(N)N)C(=O)N1CCC[C@@H]1C(=O)N[C@@H](CCCCN)C(=O)O. The second-order valence-electron chi connectivity index (χ2n) is 26.0. The van der Waals surface area contributed by atoms with Gasteiger partial charge in [0, 0.05) is 32.6 Å². The minimum atomic E-state index is -1.44. The smallest absolute Gasteiger partial charge is 0.326 e. The molecule has 2 aromatic carbocycles. The molecule has 0 bridgehead atoms. The maximum atomic E-state index is 14.8. The molecule has 2 aliphatic rings. The molecule has 1 aliphatic carbocycles. The average Bonchev–Trinajstić information content (AvgIpc) is 1.51. The molecule has 4 rings (SSSR count). The van der Waals surface area contributed by atoms with Gasteiger partial charge in [-0.25, -0.2) is 4.79 Å². The second kappa shape index (κ2) is 44.3. The van der Waals surface area contributed by atoms with Crippen molar-refractivity contribution in [3.63, 3.8) is 0 Å². The van der Waals surface area contributed by atoms with Crippen LogP contribution >= 0.6 is 0 Å². The predicted octanol–water partition coefficient (Wildman–Crippen LogP) is -3.37. The Bertz CT molecular complexity index is 3120. The van der Waals surface area contributed by atoms with Crippen molar-refractivity contribution in [2.24, 2.45) is 72.9 Å². The van der Waals surface area contributed by atoms with Crippen LogP contribution in [-0.4, -0.2) is 205 Å². The molecule has 1 saturated heterocycles. The molecule has 0 spiro atoms. The summed E-state index contributed by atoms with van der Waals surface area (Å²) >= 11 is 0. The van der Waals surface area contributed by atoms with Crippen LogP contribution in [0.15, 0.2) is 69.6 Å². The van der Waals surface area contributed by atoms with E-state index in [1.54, 1.807) is 70.2 Å². The van der Waals surface area contributed by atoms with E-state index in [-0.39, 0.29) is 126 Å². The van der Waals surface area contributed by atoms with Crippen molar-refractivity contribution in [1.82, 2.24) is 58.1 Å². The molecular formula is C67H109N21O13. The van der Waals surface area contributed by atoms with Crippen molar-refractivity contribution >= 4 is 82.9 Å². The van der Waals surface area contributed by atoms with E-state index in [9.17, 15) is 63.0 Å². The number of carboxylic acids is 1. The van der Waals surface area contributed by atoms with Crippen molar-refractivity contribution in [3.8, 4) is 5.75 Å². The fourth-order valence-electron chi connectivity index (χ4n) is 11.2. The molecule has 101 heavy (non-hydrogen) atoms. The number of rotatable bonds is 47. The first-order valence-electron chi connectivity index (χ1n) is 34.7. The number of hydrogen-bond donors (Lipinski definition) is 19. The summed E-state index contributed by atoms with van der Waals surface area (Å²) in [5.74, 6) is -9.70. The monoisotopic (exact) mass is 1420 g/mol. The second-order valence-corrected chi connectivity index (χ2v) is 26.0. The lowest BCUT2D eigenvalue weighted by atomic mass is 9.96. The minimum Gasteiger partial charge on any atom is -0.508 e. The van der Waals surface area contributed by atoms with Crippen LogP contribution in [0.5, 0.6) is 5.75 Å². The van der Waals surface area contributed by atoms with Crippen LogP contribution in [-0.2, 0) is 65.6 Å². The zero-order valence-corrected chi connectivity index (χ0v) is 58.5. The van der Waals surface area contributed by atoms with E-state index in [0.717, 1.165) is 18.4 Å². The standard InChI is InChI=1S/C67H109N21O13/c1-5-40(4)55(62(98)84-47(20-13-31-77-67(73)74)63(99)88-32-14-21-52(88)61(97)85-48(64(100)101)17-9-10-28-68)87-58(94)46(19-12-30-76-66(71)72)82-57(93)45(18-11-29-75-65(69)70)83-59(95)50(33-39(2)3)86-60(96)51(35-41-15-7-6-8-16-41)81-54(91)38-79-53(90)37-80-56(92)49(78-36-43-22-23-43)34-42-24-26-44(89)27-25-42/h6-8,15-16,24-27,39-40,43,45-52,55,78,89H,5,9-14,17-23,28-38,68H2,1-4H3,(H,79,90)(H,80,92)(H,81,91)(H,82,93)(H,83,95)(H,84,98)(H,85,97)(H,86,96)(H,87,94)(H,100,101)(H4,69,70,75)(H4,71,72,76)(H4,73,74,77)/t40?,45-,46-,47-,48-,49-,50-,51-,52+,55-/m0/s1. The van der Waals surface area contributed by atoms with Gasteiger partial charge in [0.15, 0.2) is 17.9 Å². The first kappa shape index (κ1) is 83.6. The van der Waals surface area contributed by atoms with Crippen molar-refractivity contribution in [3.05, 3.63) is 65.7 Å². The number of nitrogens with one attached hydrogen (secondary N) is 10. The fourth-order valence-corrected chi connectivity index (χ4v) is 11.2. The van der Waals surface area contributed by atoms with Gasteiger partial charge in [-0.15, -0.1) is 0 Å². The van der Waals surface area contributed by atoms with Crippen molar-refractivity contribution in [2.45, 2.75) is 191 Å². The van der Waals surface area contributed by atoms with E-state index in [0.29, 0.717) is 50.3 Å². The number of nitrogens with two attached hydrogens (primary N) is 7. The third-order valence-corrected chi connectivity index (χ3v) is 17.1. The fraction of sp³-hybridized carbons (Fsp3) is 0.612. The molecule has 10 atom stereocenters. The number of nitrogens with zero attached hydrogens (tertiary/aromatic N) is 4. The molecule has 2 fully saturated rings. The molecule has 26 N–H and O–H groups in total. The molecule has 1 aliphatic heterocycles. The van der Waals surface area contributed by atoms with Crippen molar-refractivity contribution in [1.29, 1.82) is 0 Å². The molecular weight excluding hydrogens is 1310 g/mol. The lowest BCUT2D eigenvalue weighted by Gasteiger charge is -2.32. The molecule has 10 amide bonds. The summed E-state index contributed by atoms with van der Waals surface area (Å²) in [7, 11) is 0. The number of unbranched alkanes of at least 4 members (excludes halogenated alkanes) is 1. The zero-order valence-electron chi connectivity index (χ0n) is 58.5. The van der Waals surface area contributed by atoms with E-state index in [1.807, 2.05) is 0 Å². The highest BCUT2D eigenvalue weighted by molar-refractivity contribution is 5.99. The summed E-state index contributed by atoms with van der Waals surface area (Å²) in [5, 5.41) is 47.1. The third-order valence-electron chi connectivity index (χ3n) is 17.1. The number of phenolic OH excluding ortho intramolecular Hbond substituents is 1. The van der Waals surface area contributed by atoms with Gasteiger partial charge in [-0.1, -0.05) is 76.6 Å². The van der Waals surface area contributed by atoms with E-state index in [1.165, 1.54) is 17.0 Å².